The first kappa shape index (κ1) is 22.7. The van der Waals surface area contributed by atoms with Gasteiger partial charge in [-0.15, -0.1) is 0 Å². The molecule has 1 fully saturated rings. The Bertz CT molecular complexity index is 1350. The van der Waals surface area contributed by atoms with Crippen LogP contribution in [0, 0.1) is 17.2 Å². The van der Waals surface area contributed by atoms with Gasteiger partial charge in [0.15, 0.2) is 0 Å². The summed E-state index contributed by atoms with van der Waals surface area (Å²) >= 11 is 0. The number of rotatable bonds is 6. The second-order valence-corrected chi connectivity index (χ2v) is 9.12. The first-order valence-corrected chi connectivity index (χ1v) is 11.8. The molecule has 1 aliphatic carbocycles. The topological polar surface area (TPSA) is 115 Å². The van der Waals surface area contributed by atoms with Crippen molar-refractivity contribution in [2.45, 2.75) is 44.3 Å². The van der Waals surface area contributed by atoms with E-state index in [2.05, 4.69) is 16.4 Å². The zero-order valence-corrected chi connectivity index (χ0v) is 19.4. The van der Waals surface area contributed by atoms with Crippen LogP contribution in [0.1, 0.15) is 53.3 Å². The summed E-state index contributed by atoms with van der Waals surface area (Å²) in [7, 11) is 1.57. The van der Waals surface area contributed by atoms with Crippen LogP contribution in [-0.2, 0) is 16.1 Å². The number of amides is 2. The SMILES string of the molecule is COc1cccc2[nH]c(C(=O)N3Cc4ccccc4[C@H]3C(=O)N[C@H](C#N)C[C@@H]3CCCC3=O)cc12. The Morgan fingerprint density at radius 3 is 2.83 bits per heavy atom. The van der Waals surface area contributed by atoms with Crippen LogP contribution in [0.2, 0.25) is 0 Å². The normalized spacial score (nSPS) is 19.9. The third-order valence-electron chi connectivity index (χ3n) is 7.01. The predicted molar refractivity (Wildman–Crippen MR) is 128 cm³/mol. The fourth-order valence-corrected chi connectivity index (χ4v) is 5.25. The molecular formula is C27H26N4O4. The lowest BCUT2D eigenvalue weighted by Gasteiger charge is -2.25. The number of aromatic amines is 1. The highest BCUT2D eigenvalue weighted by atomic mass is 16.5. The number of benzene rings is 2. The van der Waals surface area contributed by atoms with E-state index in [1.54, 1.807) is 13.2 Å². The molecule has 2 aliphatic rings. The standard InChI is InChI=1S/C27H26N4O4/c1-35-24-11-5-9-21-20(24)13-22(30-21)27(34)31-15-17-6-2-3-8-19(17)25(31)26(33)29-18(14-28)12-16-7-4-10-23(16)32/h2-3,5-6,8-9,11,13,16,18,25,30H,4,7,10,12,15H2,1H3,(H,29,33)/t16-,18-,25-/m0/s1. The first-order chi connectivity index (χ1) is 17.0. The molecule has 1 saturated carbocycles. The Morgan fingerprint density at radius 2 is 2.09 bits per heavy atom. The summed E-state index contributed by atoms with van der Waals surface area (Å²) in [5.74, 6) is -0.144. The van der Waals surface area contributed by atoms with Crippen molar-refractivity contribution < 1.29 is 19.1 Å². The molecule has 2 N–H and O–H groups in total. The van der Waals surface area contributed by atoms with E-state index in [-0.39, 0.29) is 24.2 Å². The molecule has 2 heterocycles. The molecule has 3 atom stereocenters. The van der Waals surface area contributed by atoms with Crippen LogP contribution in [-0.4, -0.2) is 40.6 Å². The Kier molecular flexibility index (Phi) is 6.00. The highest BCUT2D eigenvalue weighted by Crippen LogP contribution is 2.36. The lowest BCUT2D eigenvalue weighted by Crippen LogP contribution is -2.44. The van der Waals surface area contributed by atoms with Gasteiger partial charge in [-0.2, -0.15) is 5.26 Å². The predicted octanol–water partition coefficient (Wildman–Crippen LogP) is 3.64. The quantitative estimate of drug-likeness (QED) is 0.571. The summed E-state index contributed by atoms with van der Waals surface area (Å²) in [5.41, 5.74) is 2.73. The number of ketones is 1. The number of ether oxygens (including phenoxy) is 1. The van der Waals surface area contributed by atoms with Gasteiger partial charge in [-0.1, -0.05) is 30.3 Å². The van der Waals surface area contributed by atoms with Crippen molar-refractivity contribution in [3.63, 3.8) is 0 Å². The van der Waals surface area contributed by atoms with Crippen LogP contribution in [0.4, 0.5) is 0 Å². The fraction of sp³-hybridized carbons (Fsp3) is 0.333. The van der Waals surface area contributed by atoms with Gasteiger partial charge in [0, 0.05) is 29.8 Å². The minimum atomic E-state index is -0.873. The van der Waals surface area contributed by atoms with E-state index >= 15 is 0 Å². The molecule has 178 valence electrons. The Hall–Kier alpha value is -4.12. The molecule has 1 aliphatic heterocycles. The molecule has 8 heteroatoms. The molecule has 2 aromatic carbocycles. The average Bonchev–Trinajstić information content (AvgIpc) is 3.59. The van der Waals surface area contributed by atoms with Gasteiger partial charge in [0.05, 0.1) is 13.2 Å². The molecule has 3 aromatic rings. The number of nitriles is 1. The Balaban J connectivity index is 1.42. The molecule has 0 unspecified atom stereocenters. The van der Waals surface area contributed by atoms with Gasteiger partial charge >= 0.3 is 0 Å². The van der Waals surface area contributed by atoms with Crippen LogP contribution in [0.5, 0.6) is 5.75 Å². The number of nitrogens with one attached hydrogen (secondary N) is 2. The van der Waals surface area contributed by atoms with Gasteiger partial charge < -0.3 is 19.9 Å². The van der Waals surface area contributed by atoms with Gasteiger partial charge in [-0.25, -0.2) is 0 Å². The van der Waals surface area contributed by atoms with Crippen molar-refractivity contribution in [1.29, 1.82) is 5.26 Å². The van der Waals surface area contributed by atoms with Crippen molar-refractivity contribution in [2.24, 2.45) is 5.92 Å². The zero-order valence-electron chi connectivity index (χ0n) is 19.4. The molecular weight excluding hydrogens is 444 g/mol. The third-order valence-corrected chi connectivity index (χ3v) is 7.01. The largest absolute Gasteiger partial charge is 0.496 e. The van der Waals surface area contributed by atoms with Crippen molar-refractivity contribution in [3.8, 4) is 11.8 Å². The molecule has 0 bridgehead atoms. The molecule has 0 radical (unpaired) electrons. The summed E-state index contributed by atoms with van der Waals surface area (Å²) in [4.78, 5) is 43.8. The van der Waals surface area contributed by atoms with Crippen molar-refractivity contribution in [3.05, 3.63) is 65.4 Å². The first-order valence-electron chi connectivity index (χ1n) is 11.8. The van der Waals surface area contributed by atoms with Crippen LogP contribution in [0.3, 0.4) is 0 Å². The van der Waals surface area contributed by atoms with Gasteiger partial charge in [0.1, 0.15) is 29.3 Å². The number of H-pyrrole nitrogens is 1. The van der Waals surface area contributed by atoms with Crippen molar-refractivity contribution in [1.82, 2.24) is 15.2 Å². The lowest BCUT2D eigenvalue weighted by atomic mass is 9.97. The third kappa shape index (κ3) is 4.14. The number of fused-ring (bicyclic) bond motifs is 2. The van der Waals surface area contributed by atoms with Crippen molar-refractivity contribution in [2.75, 3.05) is 7.11 Å². The van der Waals surface area contributed by atoms with E-state index in [0.717, 1.165) is 34.9 Å². The van der Waals surface area contributed by atoms with Crippen molar-refractivity contribution >= 4 is 28.5 Å². The molecule has 8 nitrogen and oxygen atoms in total. The number of Topliss-reactive ketones (excluding diaryl/α,β-unsaturated/α-hetero) is 1. The summed E-state index contributed by atoms with van der Waals surface area (Å²) in [6.07, 6.45) is 2.40. The molecule has 35 heavy (non-hydrogen) atoms. The minimum absolute atomic E-state index is 0.150. The smallest absolute Gasteiger partial charge is 0.271 e. The van der Waals surface area contributed by atoms with Gasteiger partial charge in [0.2, 0.25) is 5.91 Å². The molecule has 2 amide bonds. The second kappa shape index (κ2) is 9.26. The van der Waals surface area contributed by atoms with E-state index in [1.165, 1.54) is 4.90 Å². The van der Waals surface area contributed by atoms with Crippen LogP contribution in [0.25, 0.3) is 10.9 Å². The lowest BCUT2D eigenvalue weighted by molar-refractivity contribution is -0.126. The second-order valence-electron chi connectivity index (χ2n) is 9.12. The number of nitrogens with zero attached hydrogens (tertiary/aromatic N) is 2. The number of carbonyl (C=O) groups excluding carboxylic acids is 3. The monoisotopic (exact) mass is 470 g/mol. The average molecular weight is 471 g/mol. The minimum Gasteiger partial charge on any atom is -0.496 e. The number of carbonyl (C=O) groups is 3. The maximum atomic E-state index is 13.6. The van der Waals surface area contributed by atoms with Gasteiger partial charge in [-0.05, 0) is 48.6 Å². The zero-order chi connectivity index (χ0) is 24.5. The molecule has 5 rings (SSSR count). The van der Waals surface area contributed by atoms with E-state index < -0.39 is 18.0 Å². The highest BCUT2D eigenvalue weighted by Gasteiger charge is 2.40. The molecule has 0 spiro atoms. The van der Waals surface area contributed by atoms with Crippen LogP contribution >= 0.6 is 0 Å². The summed E-state index contributed by atoms with van der Waals surface area (Å²) < 4.78 is 5.41. The maximum absolute atomic E-state index is 13.6. The van der Waals surface area contributed by atoms with Crippen LogP contribution in [0.15, 0.2) is 48.5 Å². The summed E-state index contributed by atoms with van der Waals surface area (Å²) in [5, 5.41) is 13.3. The Labute approximate surface area is 202 Å². The van der Waals surface area contributed by atoms with Gasteiger partial charge in [0.25, 0.3) is 5.91 Å². The van der Waals surface area contributed by atoms with Gasteiger partial charge in [-0.3, -0.25) is 14.4 Å². The number of hydrogen-bond donors (Lipinski definition) is 2. The summed E-state index contributed by atoms with van der Waals surface area (Å²) in [6.45, 7) is 0.276. The summed E-state index contributed by atoms with van der Waals surface area (Å²) in [6, 6.07) is 15.2. The number of methoxy groups -OCH3 is 1. The van der Waals surface area contributed by atoms with E-state index in [0.29, 0.717) is 24.3 Å². The number of hydrogen-bond acceptors (Lipinski definition) is 5. The van der Waals surface area contributed by atoms with E-state index in [9.17, 15) is 19.6 Å². The molecule has 0 saturated heterocycles. The highest BCUT2D eigenvalue weighted by molar-refractivity contribution is 6.02. The van der Waals surface area contributed by atoms with E-state index in [4.69, 9.17) is 4.74 Å². The fourth-order valence-electron chi connectivity index (χ4n) is 5.25. The number of aromatic nitrogens is 1. The Morgan fingerprint density at radius 1 is 1.26 bits per heavy atom. The molecule has 1 aromatic heterocycles. The van der Waals surface area contributed by atoms with E-state index in [1.807, 2.05) is 42.5 Å². The van der Waals surface area contributed by atoms with Crippen LogP contribution < -0.4 is 10.1 Å². The maximum Gasteiger partial charge on any atom is 0.271 e.